The van der Waals surface area contributed by atoms with Gasteiger partial charge in [0.1, 0.15) is 4.60 Å². The van der Waals surface area contributed by atoms with Gasteiger partial charge in [-0.2, -0.15) is 0 Å². The average Bonchev–Trinajstić information content (AvgIpc) is 2.54. The molecule has 1 heterocycles. The number of rotatable bonds is 5. The molecule has 0 saturated carbocycles. The van der Waals surface area contributed by atoms with Crippen molar-refractivity contribution in [3.05, 3.63) is 52.8 Å². The minimum Gasteiger partial charge on any atom is -0.493 e. The summed E-state index contributed by atoms with van der Waals surface area (Å²) in [6.07, 6.45) is 4.57. The van der Waals surface area contributed by atoms with E-state index >= 15 is 0 Å². The van der Waals surface area contributed by atoms with Gasteiger partial charge in [-0.3, -0.25) is 0 Å². The van der Waals surface area contributed by atoms with Crippen LogP contribution in [-0.2, 0) is 4.79 Å². The number of nitrogens with zero attached hydrogens (tertiary/aromatic N) is 1. The molecule has 0 aliphatic heterocycles. The van der Waals surface area contributed by atoms with Crippen molar-refractivity contribution in [2.45, 2.75) is 0 Å². The molecule has 114 valence electrons. The smallest absolute Gasteiger partial charge is 0.336 e. The SMILES string of the molecule is COc1ccc(C=CC(=O)Oc2cccnc2Br)cc1OC. The van der Waals surface area contributed by atoms with E-state index in [1.807, 2.05) is 6.07 Å². The molecule has 0 saturated heterocycles. The van der Waals surface area contributed by atoms with E-state index in [0.717, 1.165) is 5.56 Å². The van der Waals surface area contributed by atoms with Crippen LogP contribution in [0, 0.1) is 0 Å². The molecule has 0 N–H and O–H groups in total. The van der Waals surface area contributed by atoms with Gasteiger partial charge in [-0.1, -0.05) is 6.07 Å². The molecule has 1 aromatic heterocycles. The highest BCUT2D eigenvalue weighted by molar-refractivity contribution is 9.10. The predicted molar refractivity (Wildman–Crippen MR) is 86.2 cm³/mol. The van der Waals surface area contributed by atoms with Gasteiger partial charge >= 0.3 is 5.97 Å². The first kappa shape index (κ1) is 16.0. The summed E-state index contributed by atoms with van der Waals surface area (Å²) in [4.78, 5) is 15.8. The fraction of sp³-hybridized carbons (Fsp3) is 0.125. The number of aromatic nitrogens is 1. The summed E-state index contributed by atoms with van der Waals surface area (Å²) < 4.78 is 16.0. The van der Waals surface area contributed by atoms with Crippen molar-refractivity contribution in [3.8, 4) is 17.2 Å². The highest BCUT2D eigenvalue weighted by Crippen LogP contribution is 2.28. The molecule has 2 aromatic rings. The molecule has 0 fully saturated rings. The van der Waals surface area contributed by atoms with Crippen LogP contribution < -0.4 is 14.2 Å². The third-order valence-electron chi connectivity index (χ3n) is 2.75. The fourth-order valence-electron chi connectivity index (χ4n) is 1.71. The van der Waals surface area contributed by atoms with Crippen LogP contribution in [0.3, 0.4) is 0 Å². The maximum Gasteiger partial charge on any atom is 0.336 e. The molecule has 2 rings (SSSR count). The lowest BCUT2D eigenvalue weighted by atomic mass is 10.2. The van der Waals surface area contributed by atoms with Crippen LogP contribution in [0.25, 0.3) is 6.08 Å². The molecule has 0 unspecified atom stereocenters. The van der Waals surface area contributed by atoms with Crippen molar-refractivity contribution in [1.29, 1.82) is 0 Å². The largest absolute Gasteiger partial charge is 0.493 e. The summed E-state index contributed by atoms with van der Waals surface area (Å²) in [7, 11) is 3.12. The zero-order valence-electron chi connectivity index (χ0n) is 12.1. The summed E-state index contributed by atoms with van der Waals surface area (Å²) in [5.74, 6) is 1.09. The van der Waals surface area contributed by atoms with E-state index in [0.29, 0.717) is 21.9 Å². The molecule has 0 spiro atoms. The van der Waals surface area contributed by atoms with Crippen LogP contribution in [-0.4, -0.2) is 25.2 Å². The molecule has 0 radical (unpaired) electrons. The Balaban J connectivity index is 2.08. The summed E-state index contributed by atoms with van der Waals surface area (Å²) >= 11 is 3.21. The normalized spacial score (nSPS) is 10.5. The van der Waals surface area contributed by atoms with E-state index in [9.17, 15) is 4.79 Å². The number of pyridine rings is 1. The maximum atomic E-state index is 11.8. The Morgan fingerprint density at radius 2 is 1.91 bits per heavy atom. The van der Waals surface area contributed by atoms with Crippen LogP contribution in [0.5, 0.6) is 17.2 Å². The third kappa shape index (κ3) is 4.08. The van der Waals surface area contributed by atoms with Crippen molar-refractivity contribution in [1.82, 2.24) is 4.98 Å². The van der Waals surface area contributed by atoms with E-state index < -0.39 is 5.97 Å². The highest BCUT2D eigenvalue weighted by atomic mass is 79.9. The van der Waals surface area contributed by atoms with Crippen LogP contribution in [0.2, 0.25) is 0 Å². The van der Waals surface area contributed by atoms with E-state index in [-0.39, 0.29) is 0 Å². The van der Waals surface area contributed by atoms with E-state index in [4.69, 9.17) is 14.2 Å². The molecule has 0 amide bonds. The average molecular weight is 364 g/mol. The number of hydrogen-bond donors (Lipinski definition) is 0. The van der Waals surface area contributed by atoms with Crippen molar-refractivity contribution in [3.63, 3.8) is 0 Å². The van der Waals surface area contributed by atoms with Gasteiger partial charge in [0, 0.05) is 12.3 Å². The number of carbonyl (C=O) groups is 1. The van der Waals surface area contributed by atoms with Gasteiger partial charge < -0.3 is 14.2 Å². The fourth-order valence-corrected chi connectivity index (χ4v) is 2.04. The van der Waals surface area contributed by atoms with Crippen LogP contribution in [0.4, 0.5) is 0 Å². The van der Waals surface area contributed by atoms with Crippen LogP contribution in [0.1, 0.15) is 5.56 Å². The van der Waals surface area contributed by atoms with Gasteiger partial charge in [-0.25, -0.2) is 9.78 Å². The molecular weight excluding hydrogens is 350 g/mol. The lowest BCUT2D eigenvalue weighted by molar-refractivity contribution is -0.128. The van der Waals surface area contributed by atoms with Gasteiger partial charge in [0.25, 0.3) is 0 Å². The minimum absolute atomic E-state index is 0.365. The monoisotopic (exact) mass is 363 g/mol. The van der Waals surface area contributed by atoms with E-state index in [1.54, 1.807) is 50.8 Å². The number of methoxy groups -OCH3 is 2. The Morgan fingerprint density at radius 3 is 2.59 bits per heavy atom. The highest BCUT2D eigenvalue weighted by Gasteiger charge is 2.06. The molecule has 22 heavy (non-hydrogen) atoms. The summed E-state index contributed by atoms with van der Waals surface area (Å²) in [6.45, 7) is 0. The van der Waals surface area contributed by atoms with Gasteiger partial charge in [-0.05, 0) is 51.8 Å². The second kappa shape index (κ2) is 7.61. The first-order chi connectivity index (χ1) is 10.6. The Bertz CT molecular complexity index is 700. The minimum atomic E-state index is -0.497. The predicted octanol–water partition coefficient (Wildman–Crippen LogP) is 3.48. The number of benzene rings is 1. The summed E-state index contributed by atoms with van der Waals surface area (Å²) in [5, 5.41) is 0. The quantitative estimate of drug-likeness (QED) is 0.462. The molecular formula is C16H14BrNO4. The standard InChI is InChI=1S/C16H14BrNO4/c1-20-12-7-5-11(10-14(12)21-2)6-8-15(19)22-13-4-3-9-18-16(13)17/h3-10H,1-2H3. The Labute approximate surface area is 136 Å². The van der Waals surface area contributed by atoms with Gasteiger partial charge in [0.15, 0.2) is 17.2 Å². The van der Waals surface area contributed by atoms with Crippen molar-refractivity contribution in [2.75, 3.05) is 14.2 Å². The second-order valence-corrected chi connectivity index (χ2v) is 4.91. The second-order valence-electron chi connectivity index (χ2n) is 4.16. The lowest BCUT2D eigenvalue weighted by Gasteiger charge is -2.07. The van der Waals surface area contributed by atoms with Crippen molar-refractivity contribution >= 4 is 28.0 Å². The molecule has 0 aliphatic carbocycles. The lowest BCUT2D eigenvalue weighted by Crippen LogP contribution is -2.04. The number of hydrogen-bond acceptors (Lipinski definition) is 5. The Hall–Kier alpha value is -2.34. The Kier molecular flexibility index (Phi) is 5.55. The maximum absolute atomic E-state index is 11.8. The molecule has 6 heteroatoms. The van der Waals surface area contributed by atoms with Crippen molar-refractivity contribution < 1.29 is 19.0 Å². The number of esters is 1. The Morgan fingerprint density at radius 1 is 1.14 bits per heavy atom. The van der Waals surface area contributed by atoms with E-state index in [1.165, 1.54) is 6.08 Å². The number of ether oxygens (including phenoxy) is 3. The van der Waals surface area contributed by atoms with Gasteiger partial charge in [0.05, 0.1) is 14.2 Å². The number of halogens is 1. The first-order valence-electron chi connectivity index (χ1n) is 6.36. The topological polar surface area (TPSA) is 57.7 Å². The molecule has 0 bridgehead atoms. The van der Waals surface area contributed by atoms with Gasteiger partial charge in [0.2, 0.25) is 0 Å². The van der Waals surface area contributed by atoms with Crippen LogP contribution >= 0.6 is 15.9 Å². The zero-order valence-corrected chi connectivity index (χ0v) is 13.7. The third-order valence-corrected chi connectivity index (χ3v) is 3.35. The molecule has 0 aliphatic rings. The molecule has 1 aromatic carbocycles. The van der Waals surface area contributed by atoms with Gasteiger partial charge in [-0.15, -0.1) is 0 Å². The number of carbonyl (C=O) groups excluding carboxylic acids is 1. The van der Waals surface area contributed by atoms with E-state index in [2.05, 4.69) is 20.9 Å². The first-order valence-corrected chi connectivity index (χ1v) is 7.15. The molecule has 0 atom stereocenters. The van der Waals surface area contributed by atoms with Crippen molar-refractivity contribution in [2.24, 2.45) is 0 Å². The zero-order chi connectivity index (χ0) is 15.9. The molecule has 5 nitrogen and oxygen atoms in total. The summed E-state index contributed by atoms with van der Waals surface area (Å²) in [6, 6.07) is 8.68. The van der Waals surface area contributed by atoms with Crippen LogP contribution in [0.15, 0.2) is 47.2 Å². The summed E-state index contributed by atoms with van der Waals surface area (Å²) in [5.41, 5.74) is 0.792.